The van der Waals surface area contributed by atoms with Crippen LogP contribution >= 0.6 is 0 Å². The first-order chi connectivity index (χ1) is 11.4. The summed E-state index contributed by atoms with van der Waals surface area (Å²) < 4.78 is 0. The van der Waals surface area contributed by atoms with E-state index in [1.165, 1.54) is 29.5 Å². The van der Waals surface area contributed by atoms with Crippen LogP contribution in [0.1, 0.15) is 45.7 Å². The quantitative estimate of drug-likeness (QED) is 0.857. The number of rotatable bonds is 6. The lowest BCUT2D eigenvalue weighted by Gasteiger charge is -2.19. The molecule has 128 valence electrons. The number of aryl methyl sites for hydroxylation is 2. The molecule has 0 saturated heterocycles. The van der Waals surface area contributed by atoms with Crippen molar-refractivity contribution in [3.8, 4) is 0 Å². The van der Waals surface area contributed by atoms with E-state index in [0.29, 0.717) is 11.1 Å². The van der Waals surface area contributed by atoms with Gasteiger partial charge in [0.25, 0.3) is 5.91 Å². The molecule has 1 aromatic heterocycles. The number of H-pyrrole nitrogens is 1. The number of hydrogen-bond acceptors (Lipinski definition) is 2. The summed E-state index contributed by atoms with van der Waals surface area (Å²) in [5, 5.41) is 3.57. The van der Waals surface area contributed by atoms with Gasteiger partial charge in [-0.25, -0.2) is 0 Å². The third-order valence-electron chi connectivity index (χ3n) is 4.97. The first kappa shape index (κ1) is 16.8. The zero-order valence-electron chi connectivity index (χ0n) is 15.1. The van der Waals surface area contributed by atoms with Gasteiger partial charge >= 0.3 is 0 Å². The second-order valence-corrected chi connectivity index (χ2v) is 7.30. The summed E-state index contributed by atoms with van der Waals surface area (Å²) in [4.78, 5) is 16.7. The van der Waals surface area contributed by atoms with E-state index in [9.17, 15) is 4.79 Å². The van der Waals surface area contributed by atoms with E-state index in [0.717, 1.165) is 18.8 Å². The lowest BCUT2D eigenvalue weighted by molar-refractivity contribution is 0.0822. The van der Waals surface area contributed by atoms with Gasteiger partial charge < -0.3 is 15.2 Å². The van der Waals surface area contributed by atoms with Gasteiger partial charge in [0, 0.05) is 38.3 Å². The summed E-state index contributed by atoms with van der Waals surface area (Å²) >= 11 is 0. The molecule has 4 heteroatoms. The topological polar surface area (TPSA) is 48.1 Å². The fraction of sp³-hybridized carbons (Fsp3) is 0.450. The molecular formula is C20H27N3O. The number of aromatic nitrogens is 1. The number of benzene rings is 1. The van der Waals surface area contributed by atoms with E-state index in [1.54, 1.807) is 19.0 Å². The summed E-state index contributed by atoms with van der Waals surface area (Å²) in [6, 6.07) is 10.6. The van der Waals surface area contributed by atoms with Crippen LogP contribution in [-0.2, 0) is 12.0 Å². The summed E-state index contributed by atoms with van der Waals surface area (Å²) in [6.45, 7) is 6.10. The largest absolute Gasteiger partial charge is 0.353 e. The Kier molecular flexibility index (Phi) is 4.50. The Morgan fingerprint density at radius 3 is 2.58 bits per heavy atom. The van der Waals surface area contributed by atoms with Gasteiger partial charge in [-0.1, -0.05) is 23.8 Å². The van der Waals surface area contributed by atoms with E-state index in [4.69, 9.17) is 0 Å². The molecule has 0 atom stereocenters. The van der Waals surface area contributed by atoms with Gasteiger partial charge in [-0.2, -0.15) is 0 Å². The Balaban J connectivity index is 1.59. The fourth-order valence-electron chi connectivity index (χ4n) is 3.45. The highest BCUT2D eigenvalue weighted by molar-refractivity contribution is 5.92. The number of nitrogens with zero attached hydrogens (tertiary/aromatic N) is 1. The zero-order valence-corrected chi connectivity index (χ0v) is 15.1. The highest BCUT2D eigenvalue weighted by Crippen LogP contribution is 2.48. The molecular weight excluding hydrogens is 298 g/mol. The van der Waals surface area contributed by atoms with E-state index in [2.05, 4.69) is 42.3 Å². The average molecular weight is 325 g/mol. The third-order valence-corrected chi connectivity index (χ3v) is 4.97. The van der Waals surface area contributed by atoms with Crippen molar-refractivity contribution in [2.45, 2.75) is 38.6 Å². The van der Waals surface area contributed by atoms with Crippen LogP contribution in [0.4, 0.5) is 0 Å². The predicted octanol–water partition coefficient (Wildman–Crippen LogP) is 3.15. The van der Waals surface area contributed by atoms with Crippen LogP contribution in [0.25, 0.3) is 0 Å². The monoisotopic (exact) mass is 325 g/mol. The highest BCUT2D eigenvalue weighted by atomic mass is 16.2. The number of aromatic amines is 1. The predicted molar refractivity (Wildman–Crippen MR) is 97.3 cm³/mol. The molecule has 1 aliphatic rings. The van der Waals surface area contributed by atoms with Crippen molar-refractivity contribution in [3.63, 3.8) is 0 Å². The molecule has 0 unspecified atom stereocenters. The van der Waals surface area contributed by atoms with E-state index >= 15 is 0 Å². The van der Waals surface area contributed by atoms with Crippen molar-refractivity contribution in [3.05, 3.63) is 58.4 Å². The van der Waals surface area contributed by atoms with Gasteiger partial charge in [-0.05, 0) is 49.9 Å². The molecule has 4 nitrogen and oxygen atoms in total. The molecule has 1 aliphatic carbocycles. The summed E-state index contributed by atoms with van der Waals surface area (Å²) in [5.74, 6) is 0.00944. The molecule has 1 heterocycles. The molecule has 2 aromatic rings. The van der Waals surface area contributed by atoms with Crippen molar-refractivity contribution in [1.82, 2.24) is 15.2 Å². The van der Waals surface area contributed by atoms with Gasteiger partial charge in [-0.15, -0.1) is 0 Å². The SMILES string of the molecule is Cc1ccc(C2(CNCc3ccc(C(=O)N(C)C)[nH]3)CC2)c(C)c1. The zero-order chi connectivity index (χ0) is 17.3. The minimum absolute atomic E-state index is 0.00944. The summed E-state index contributed by atoms with van der Waals surface area (Å²) in [5.41, 5.74) is 6.20. The Labute approximate surface area is 144 Å². The minimum Gasteiger partial charge on any atom is -0.353 e. The van der Waals surface area contributed by atoms with Crippen LogP contribution in [0, 0.1) is 13.8 Å². The Morgan fingerprint density at radius 1 is 1.21 bits per heavy atom. The van der Waals surface area contributed by atoms with Crippen LogP contribution < -0.4 is 5.32 Å². The van der Waals surface area contributed by atoms with Crippen LogP contribution in [0.15, 0.2) is 30.3 Å². The maximum Gasteiger partial charge on any atom is 0.269 e. The first-order valence-electron chi connectivity index (χ1n) is 8.59. The lowest BCUT2D eigenvalue weighted by Crippen LogP contribution is -2.27. The van der Waals surface area contributed by atoms with E-state index in [-0.39, 0.29) is 5.91 Å². The summed E-state index contributed by atoms with van der Waals surface area (Å²) in [6.07, 6.45) is 2.50. The molecule has 2 N–H and O–H groups in total. The maximum absolute atomic E-state index is 11.9. The summed E-state index contributed by atoms with van der Waals surface area (Å²) in [7, 11) is 3.53. The van der Waals surface area contributed by atoms with Gasteiger partial charge in [0.15, 0.2) is 0 Å². The molecule has 1 fully saturated rings. The van der Waals surface area contributed by atoms with Crippen molar-refractivity contribution in [2.75, 3.05) is 20.6 Å². The molecule has 0 radical (unpaired) electrons. The van der Waals surface area contributed by atoms with Crippen molar-refractivity contribution >= 4 is 5.91 Å². The van der Waals surface area contributed by atoms with Crippen molar-refractivity contribution in [2.24, 2.45) is 0 Å². The van der Waals surface area contributed by atoms with Crippen molar-refractivity contribution < 1.29 is 4.79 Å². The molecule has 0 aliphatic heterocycles. The lowest BCUT2D eigenvalue weighted by atomic mass is 9.91. The van der Waals surface area contributed by atoms with E-state index < -0.39 is 0 Å². The van der Waals surface area contributed by atoms with Crippen LogP contribution in [-0.4, -0.2) is 36.4 Å². The second-order valence-electron chi connectivity index (χ2n) is 7.30. The second kappa shape index (κ2) is 6.44. The van der Waals surface area contributed by atoms with Gasteiger partial charge in [0.1, 0.15) is 5.69 Å². The minimum atomic E-state index is 0.00944. The smallest absolute Gasteiger partial charge is 0.269 e. The number of nitrogens with one attached hydrogen (secondary N) is 2. The van der Waals surface area contributed by atoms with Gasteiger partial charge in [-0.3, -0.25) is 4.79 Å². The normalized spacial score (nSPS) is 15.3. The Morgan fingerprint density at radius 2 is 1.96 bits per heavy atom. The Hall–Kier alpha value is -2.07. The highest BCUT2D eigenvalue weighted by Gasteiger charge is 2.44. The maximum atomic E-state index is 11.9. The molecule has 1 aromatic carbocycles. The fourth-order valence-corrected chi connectivity index (χ4v) is 3.45. The first-order valence-corrected chi connectivity index (χ1v) is 8.59. The molecule has 24 heavy (non-hydrogen) atoms. The average Bonchev–Trinajstić information content (AvgIpc) is 3.15. The third kappa shape index (κ3) is 3.39. The Bertz CT molecular complexity index is 741. The number of hydrogen-bond donors (Lipinski definition) is 2. The van der Waals surface area contributed by atoms with Crippen LogP contribution in [0.5, 0.6) is 0 Å². The van der Waals surface area contributed by atoms with Crippen LogP contribution in [0.2, 0.25) is 0 Å². The van der Waals surface area contributed by atoms with Gasteiger partial charge in [0.05, 0.1) is 0 Å². The standard InChI is InChI=1S/C20H27N3O/c1-14-5-7-17(15(2)11-14)20(9-10-20)13-21-12-16-6-8-18(22-16)19(24)23(3)4/h5-8,11,21-22H,9-10,12-13H2,1-4H3. The molecule has 3 rings (SSSR count). The number of carbonyl (C=O) groups is 1. The molecule has 1 amide bonds. The number of amides is 1. The van der Waals surface area contributed by atoms with E-state index in [1.807, 2.05) is 12.1 Å². The van der Waals surface area contributed by atoms with Crippen molar-refractivity contribution in [1.29, 1.82) is 0 Å². The van der Waals surface area contributed by atoms with Crippen LogP contribution in [0.3, 0.4) is 0 Å². The number of carbonyl (C=O) groups excluding carboxylic acids is 1. The molecule has 1 saturated carbocycles. The molecule has 0 spiro atoms. The molecule has 0 bridgehead atoms. The van der Waals surface area contributed by atoms with Gasteiger partial charge in [0.2, 0.25) is 0 Å².